The van der Waals surface area contributed by atoms with Crippen molar-refractivity contribution in [3.05, 3.63) is 36.4 Å². The zero-order valence-electron chi connectivity index (χ0n) is 11.5. The van der Waals surface area contributed by atoms with E-state index in [1.54, 1.807) is 0 Å². The highest BCUT2D eigenvalue weighted by Crippen LogP contribution is 2.38. The molecule has 3 aromatic heterocycles. The SMILES string of the molecule is CSc1ccc(-c2ccc(-c3ccc(SC)s3)n2C)s1. The fourth-order valence-corrected chi connectivity index (χ4v) is 5.35. The molecule has 3 rings (SSSR count). The van der Waals surface area contributed by atoms with Crippen LogP contribution in [0.1, 0.15) is 0 Å². The minimum atomic E-state index is 1.30. The van der Waals surface area contributed by atoms with Crippen LogP contribution in [0.5, 0.6) is 0 Å². The second-order valence-electron chi connectivity index (χ2n) is 4.31. The van der Waals surface area contributed by atoms with Gasteiger partial charge in [-0.05, 0) is 48.9 Å². The summed E-state index contributed by atoms with van der Waals surface area (Å²) in [6, 6.07) is 13.3. The lowest BCUT2D eigenvalue weighted by molar-refractivity contribution is 0.951. The molecule has 0 atom stereocenters. The highest BCUT2D eigenvalue weighted by atomic mass is 32.2. The van der Waals surface area contributed by atoms with Crippen molar-refractivity contribution in [3.63, 3.8) is 0 Å². The third kappa shape index (κ3) is 2.60. The van der Waals surface area contributed by atoms with E-state index in [0.29, 0.717) is 0 Å². The van der Waals surface area contributed by atoms with E-state index >= 15 is 0 Å². The molecule has 104 valence electrons. The molecule has 3 aromatic rings. The lowest BCUT2D eigenvalue weighted by Gasteiger charge is -2.04. The lowest BCUT2D eigenvalue weighted by Crippen LogP contribution is -1.91. The summed E-state index contributed by atoms with van der Waals surface area (Å²) in [6.07, 6.45) is 4.25. The highest BCUT2D eigenvalue weighted by molar-refractivity contribution is 8.00. The van der Waals surface area contributed by atoms with E-state index in [0.717, 1.165) is 0 Å². The molecule has 0 bridgehead atoms. The minimum absolute atomic E-state index is 1.30. The summed E-state index contributed by atoms with van der Waals surface area (Å²) in [5, 5.41) is 0. The monoisotopic (exact) mass is 337 g/mol. The number of aromatic nitrogens is 1. The van der Waals surface area contributed by atoms with Crippen LogP contribution >= 0.6 is 46.2 Å². The Bertz CT molecular complexity index is 660. The Hall–Kier alpha value is -0.620. The van der Waals surface area contributed by atoms with Crippen LogP contribution in [-0.2, 0) is 7.05 Å². The Balaban J connectivity index is 1.99. The molecule has 0 aliphatic carbocycles. The average Bonchev–Trinajstić information content (AvgIpc) is 3.16. The molecule has 0 saturated heterocycles. The van der Waals surface area contributed by atoms with Crippen LogP contribution in [0.15, 0.2) is 44.8 Å². The maximum Gasteiger partial charge on any atom is 0.0603 e. The third-order valence-electron chi connectivity index (χ3n) is 3.19. The van der Waals surface area contributed by atoms with Gasteiger partial charge in [-0.25, -0.2) is 0 Å². The van der Waals surface area contributed by atoms with Gasteiger partial charge in [-0.3, -0.25) is 0 Å². The molecule has 1 nitrogen and oxygen atoms in total. The normalized spacial score (nSPS) is 11.2. The Kier molecular flexibility index (Phi) is 4.31. The van der Waals surface area contributed by atoms with E-state index in [4.69, 9.17) is 0 Å². The Morgan fingerprint density at radius 2 is 1.20 bits per heavy atom. The molecular formula is C15H15NS4. The Morgan fingerprint density at radius 3 is 1.55 bits per heavy atom. The van der Waals surface area contributed by atoms with Gasteiger partial charge in [0.25, 0.3) is 0 Å². The maximum absolute atomic E-state index is 2.30. The van der Waals surface area contributed by atoms with Gasteiger partial charge in [0.15, 0.2) is 0 Å². The molecule has 0 aromatic carbocycles. The van der Waals surface area contributed by atoms with E-state index in [1.165, 1.54) is 29.6 Å². The van der Waals surface area contributed by atoms with Crippen molar-refractivity contribution < 1.29 is 0 Å². The minimum Gasteiger partial charge on any atom is -0.342 e. The van der Waals surface area contributed by atoms with Crippen LogP contribution in [0.2, 0.25) is 0 Å². The maximum atomic E-state index is 2.30. The van der Waals surface area contributed by atoms with Crippen molar-refractivity contribution in [1.82, 2.24) is 4.57 Å². The lowest BCUT2D eigenvalue weighted by atomic mass is 10.3. The van der Waals surface area contributed by atoms with Gasteiger partial charge >= 0.3 is 0 Å². The van der Waals surface area contributed by atoms with Crippen LogP contribution in [0.3, 0.4) is 0 Å². The molecule has 0 amide bonds. The summed E-state index contributed by atoms with van der Waals surface area (Å²) in [5.74, 6) is 0. The molecule has 5 heteroatoms. The number of rotatable bonds is 4. The fourth-order valence-electron chi connectivity index (χ4n) is 2.14. The van der Waals surface area contributed by atoms with E-state index < -0.39 is 0 Å². The van der Waals surface area contributed by atoms with E-state index in [-0.39, 0.29) is 0 Å². The van der Waals surface area contributed by atoms with Gasteiger partial charge in [-0.1, -0.05) is 0 Å². The van der Waals surface area contributed by atoms with Crippen LogP contribution in [0.4, 0.5) is 0 Å². The Morgan fingerprint density at radius 1 is 0.750 bits per heavy atom. The first kappa shape index (κ1) is 14.3. The second-order valence-corrected chi connectivity index (χ2v) is 8.69. The summed E-state index contributed by atoms with van der Waals surface area (Å²) in [5.41, 5.74) is 2.59. The zero-order valence-corrected chi connectivity index (χ0v) is 14.8. The van der Waals surface area contributed by atoms with Crippen LogP contribution < -0.4 is 0 Å². The van der Waals surface area contributed by atoms with Gasteiger partial charge in [-0.15, -0.1) is 46.2 Å². The van der Waals surface area contributed by atoms with Gasteiger partial charge in [0.2, 0.25) is 0 Å². The molecule has 0 N–H and O–H groups in total. The van der Waals surface area contributed by atoms with Gasteiger partial charge in [0.1, 0.15) is 0 Å². The predicted octanol–water partition coefficient (Wildman–Crippen LogP) is 5.93. The highest BCUT2D eigenvalue weighted by Gasteiger charge is 2.12. The predicted molar refractivity (Wildman–Crippen MR) is 95.6 cm³/mol. The van der Waals surface area contributed by atoms with E-state index in [9.17, 15) is 0 Å². The topological polar surface area (TPSA) is 4.93 Å². The van der Waals surface area contributed by atoms with E-state index in [2.05, 4.69) is 60.5 Å². The van der Waals surface area contributed by atoms with Gasteiger partial charge in [0.05, 0.1) is 29.6 Å². The summed E-state index contributed by atoms with van der Waals surface area (Å²) in [6.45, 7) is 0. The molecule has 0 aliphatic rings. The number of thiophene rings is 2. The van der Waals surface area contributed by atoms with Gasteiger partial charge in [0, 0.05) is 7.05 Å². The smallest absolute Gasteiger partial charge is 0.0603 e. The van der Waals surface area contributed by atoms with Crippen molar-refractivity contribution in [2.24, 2.45) is 7.05 Å². The third-order valence-corrected chi connectivity index (χ3v) is 7.57. The molecule has 0 aliphatic heterocycles. The number of nitrogens with zero attached hydrogens (tertiary/aromatic N) is 1. The molecule has 0 saturated carbocycles. The Labute approximate surface area is 136 Å². The average molecular weight is 338 g/mol. The summed E-state index contributed by atoms with van der Waals surface area (Å²) < 4.78 is 5.03. The van der Waals surface area contributed by atoms with Crippen LogP contribution in [0.25, 0.3) is 21.1 Å². The number of hydrogen-bond donors (Lipinski definition) is 0. The molecule has 0 spiro atoms. The summed E-state index contributed by atoms with van der Waals surface area (Å²) in [4.78, 5) is 2.68. The largest absolute Gasteiger partial charge is 0.342 e. The molecule has 0 radical (unpaired) electrons. The first-order valence-electron chi connectivity index (χ1n) is 6.17. The molecule has 0 fully saturated rings. The van der Waals surface area contributed by atoms with Gasteiger partial charge < -0.3 is 4.57 Å². The van der Waals surface area contributed by atoms with Crippen LogP contribution in [-0.4, -0.2) is 17.1 Å². The molecular weight excluding hydrogens is 322 g/mol. The first-order chi connectivity index (χ1) is 9.72. The van der Waals surface area contributed by atoms with Crippen molar-refractivity contribution in [1.29, 1.82) is 0 Å². The number of hydrogen-bond acceptors (Lipinski definition) is 4. The van der Waals surface area contributed by atoms with Gasteiger partial charge in [-0.2, -0.15) is 0 Å². The summed E-state index contributed by atoms with van der Waals surface area (Å²) in [7, 11) is 2.15. The zero-order chi connectivity index (χ0) is 14.1. The van der Waals surface area contributed by atoms with Crippen LogP contribution in [0, 0.1) is 0 Å². The first-order valence-corrected chi connectivity index (χ1v) is 10.3. The molecule has 20 heavy (non-hydrogen) atoms. The number of thioether (sulfide) groups is 2. The molecule has 0 unspecified atom stereocenters. The van der Waals surface area contributed by atoms with Crippen molar-refractivity contribution in [2.75, 3.05) is 12.5 Å². The second kappa shape index (κ2) is 6.02. The fraction of sp³-hybridized carbons (Fsp3) is 0.200. The van der Waals surface area contributed by atoms with Crippen molar-refractivity contribution >= 4 is 46.2 Å². The van der Waals surface area contributed by atoms with Crippen molar-refractivity contribution in [3.8, 4) is 21.1 Å². The standard InChI is InChI=1S/C15H15NS4/c1-16-10(12-6-8-14(17-2)19-12)4-5-11(16)13-7-9-15(18-3)20-13/h4-9H,1-3H3. The summed E-state index contributed by atoms with van der Waals surface area (Å²) >= 11 is 7.34. The quantitative estimate of drug-likeness (QED) is 0.544. The van der Waals surface area contributed by atoms with E-state index in [1.807, 2.05) is 46.2 Å². The van der Waals surface area contributed by atoms with Crippen molar-refractivity contribution in [2.45, 2.75) is 8.42 Å². The molecule has 3 heterocycles.